The van der Waals surface area contributed by atoms with Gasteiger partial charge in [0.15, 0.2) is 0 Å². The first-order chi connectivity index (χ1) is 8.54. The first-order valence-corrected chi connectivity index (χ1v) is 6.23. The van der Waals surface area contributed by atoms with Crippen molar-refractivity contribution in [2.75, 3.05) is 20.7 Å². The van der Waals surface area contributed by atoms with Crippen molar-refractivity contribution in [1.29, 1.82) is 0 Å². The summed E-state index contributed by atoms with van der Waals surface area (Å²) < 4.78 is 5.51. The molecule has 4 nitrogen and oxygen atoms in total. The minimum Gasteiger partial charge on any atom is -0.493 e. The van der Waals surface area contributed by atoms with Crippen molar-refractivity contribution in [3.8, 4) is 5.75 Å². The van der Waals surface area contributed by atoms with Crippen LogP contribution in [0.25, 0.3) is 0 Å². The van der Waals surface area contributed by atoms with Crippen molar-refractivity contribution < 1.29 is 9.53 Å². The first kappa shape index (κ1) is 14.5. The average Bonchev–Trinajstić information content (AvgIpc) is 2.38. The number of carbonyl (C=O) groups excluding carboxylic acids is 1. The molecule has 0 radical (unpaired) electrons. The third kappa shape index (κ3) is 4.37. The Hall–Kier alpha value is -1.55. The van der Waals surface area contributed by atoms with E-state index in [0.29, 0.717) is 13.0 Å². The summed E-state index contributed by atoms with van der Waals surface area (Å²) in [7, 11) is 3.48. The molecule has 0 unspecified atom stereocenters. The number of ether oxygens (including phenoxy) is 1. The third-order valence-corrected chi connectivity index (χ3v) is 2.83. The maximum Gasteiger partial charge on any atom is 0.225 e. The molecule has 1 aromatic rings. The Morgan fingerprint density at radius 2 is 1.94 bits per heavy atom. The summed E-state index contributed by atoms with van der Waals surface area (Å²) >= 11 is 0. The molecule has 4 heteroatoms. The van der Waals surface area contributed by atoms with E-state index in [1.54, 1.807) is 19.0 Å². The first-order valence-electron chi connectivity index (χ1n) is 6.23. The van der Waals surface area contributed by atoms with E-state index in [-0.39, 0.29) is 11.9 Å². The van der Waals surface area contributed by atoms with Gasteiger partial charge in [0, 0.05) is 20.1 Å². The fourth-order valence-corrected chi connectivity index (χ4v) is 1.53. The molecular formula is C14H22N2O2. The molecule has 0 aliphatic rings. The van der Waals surface area contributed by atoms with Gasteiger partial charge in [-0.25, -0.2) is 0 Å². The minimum absolute atomic E-state index is 0.0691. The van der Waals surface area contributed by atoms with E-state index in [9.17, 15) is 4.79 Å². The lowest BCUT2D eigenvalue weighted by Crippen LogP contribution is -2.23. The van der Waals surface area contributed by atoms with Gasteiger partial charge in [0.05, 0.1) is 13.0 Å². The molecule has 0 spiro atoms. The van der Waals surface area contributed by atoms with Crippen LogP contribution in [0.3, 0.4) is 0 Å². The Bertz CT molecular complexity index is 374. The van der Waals surface area contributed by atoms with Gasteiger partial charge in [-0.05, 0) is 24.1 Å². The van der Waals surface area contributed by atoms with E-state index in [0.717, 1.165) is 17.7 Å². The molecule has 0 heterocycles. The lowest BCUT2D eigenvalue weighted by molar-refractivity contribution is -0.129. The highest BCUT2D eigenvalue weighted by molar-refractivity contribution is 5.75. The Balaban J connectivity index is 2.42. The predicted octanol–water partition coefficient (Wildman–Crippen LogP) is 1.95. The van der Waals surface area contributed by atoms with Crippen molar-refractivity contribution in [3.63, 3.8) is 0 Å². The van der Waals surface area contributed by atoms with E-state index < -0.39 is 0 Å². The fraction of sp³-hybridized carbons (Fsp3) is 0.500. The summed E-state index contributed by atoms with van der Waals surface area (Å²) in [5.74, 6) is 0.841. The SMILES string of the molecule is CC[C@@H](N)c1ccc(OCCC(=O)N(C)C)cc1. The molecule has 1 atom stereocenters. The minimum atomic E-state index is 0.0691. The molecule has 0 aromatic heterocycles. The van der Waals surface area contributed by atoms with Crippen molar-refractivity contribution in [3.05, 3.63) is 29.8 Å². The van der Waals surface area contributed by atoms with Crippen LogP contribution >= 0.6 is 0 Å². The number of benzene rings is 1. The van der Waals surface area contributed by atoms with Crippen LogP contribution in [0, 0.1) is 0 Å². The van der Waals surface area contributed by atoms with Gasteiger partial charge >= 0.3 is 0 Å². The summed E-state index contributed by atoms with van der Waals surface area (Å²) in [5.41, 5.74) is 7.03. The van der Waals surface area contributed by atoms with Crippen LogP contribution in [0.4, 0.5) is 0 Å². The number of amides is 1. The van der Waals surface area contributed by atoms with Gasteiger partial charge in [0.25, 0.3) is 0 Å². The largest absolute Gasteiger partial charge is 0.493 e. The molecule has 1 rings (SSSR count). The van der Waals surface area contributed by atoms with Gasteiger partial charge < -0.3 is 15.4 Å². The molecule has 100 valence electrons. The number of carbonyl (C=O) groups is 1. The smallest absolute Gasteiger partial charge is 0.225 e. The standard InChI is InChI=1S/C14H22N2O2/c1-4-13(15)11-5-7-12(8-6-11)18-10-9-14(17)16(2)3/h5-8,13H,4,9-10,15H2,1-3H3/t13-/m1/s1. The van der Waals surface area contributed by atoms with Crippen LogP contribution in [-0.2, 0) is 4.79 Å². The quantitative estimate of drug-likeness (QED) is 0.839. The number of nitrogens with two attached hydrogens (primary N) is 1. The Kier molecular flexibility index (Phi) is 5.65. The summed E-state index contributed by atoms with van der Waals surface area (Å²) in [6, 6.07) is 7.80. The second-order valence-electron chi connectivity index (χ2n) is 4.47. The highest BCUT2D eigenvalue weighted by Crippen LogP contribution is 2.18. The van der Waals surface area contributed by atoms with Crippen LogP contribution in [-0.4, -0.2) is 31.5 Å². The van der Waals surface area contributed by atoms with Gasteiger partial charge in [-0.2, -0.15) is 0 Å². The number of hydrogen-bond acceptors (Lipinski definition) is 3. The van der Waals surface area contributed by atoms with Crippen LogP contribution in [0.5, 0.6) is 5.75 Å². The van der Waals surface area contributed by atoms with Gasteiger partial charge in [-0.3, -0.25) is 4.79 Å². The van der Waals surface area contributed by atoms with Gasteiger partial charge in [-0.1, -0.05) is 19.1 Å². The van der Waals surface area contributed by atoms with Gasteiger partial charge in [0.1, 0.15) is 5.75 Å². The molecule has 0 fully saturated rings. The van der Waals surface area contributed by atoms with Crippen molar-refractivity contribution >= 4 is 5.91 Å². The number of hydrogen-bond donors (Lipinski definition) is 1. The zero-order valence-electron chi connectivity index (χ0n) is 11.3. The topological polar surface area (TPSA) is 55.6 Å². The molecule has 18 heavy (non-hydrogen) atoms. The highest BCUT2D eigenvalue weighted by atomic mass is 16.5. The third-order valence-electron chi connectivity index (χ3n) is 2.83. The summed E-state index contributed by atoms with van der Waals surface area (Å²) in [5, 5.41) is 0. The zero-order valence-corrected chi connectivity index (χ0v) is 11.3. The molecule has 0 saturated heterocycles. The number of nitrogens with zero attached hydrogens (tertiary/aromatic N) is 1. The van der Waals surface area contributed by atoms with E-state index in [2.05, 4.69) is 6.92 Å². The van der Waals surface area contributed by atoms with Crippen LogP contribution in [0.2, 0.25) is 0 Å². The molecule has 0 saturated carbocycles. The van der Waals surface area contributed by atoms with Crippen LogP contribution < -0.4 is 10.5 Å². The van der Waals surface area contributed by atoms with E-state index in [4.69, 9.17) is 10.5 Å². The highest BCUT2D eigenvalue weighted by Gasteiger charge is 2.05. The van der Waals surface area contributed by atoms with Crippen molar-refractivity contribution in [1.82, 2.24) is 4.90 Å². The second-order valence-corrected chi connectivity index (χ2v) is 4.47. The fourth-order valence-electron chi connectivity index (χ4n) is 1.53. The molecule has 1 amide bonds. The Labute approximate surface area is 109 Å². The van der Waals surface area contributed by atoms with Crippen molar-refractivity contribution in [2.45, 2.75) is 25.8 Å². The van der Waals surface area contributed by atoms with Crippen LogP contribution in [0.15, 0.2) is 24.3 Å². The molecular weight excluding hydrogens is 228 g/mol. The van der Waals surface area contributed by atoms with E-state index >= 15 is 0 Å². The maximum absolute atomic E-state index is 11.3. The summed E-state index contributed by atoms with van der Waals surface area (Å²) in [4.78, 5) is 12.9. The number of rotatable bonds is 6. The van der Waals surface area contributed by atoms with Gasteiger partial charge in [0.2, 0.25) is 5.91 Å². The molecule has 0 aliphatic heterocycles. The van der Waals surface area contributed by atoms with E-state index in [1.165, 1.54) is 0 Å². The molecule has 1 aromatic carbocycles. The average molecular weight is 250 g/mol. The van der Waals surface area contributed by atoms with Crippen LogP contribution in [0.1, 0.15) is 31.4 Å². The van der Waals surface area contributed by atoms with Crippen molar-refractivity contribution in [2.24, 2.45) is 5.73 Å². The molecule has 0 aliphatic carbocycles. The lowest BCUT2D eigenvalue weighted by atomic mass is 10.1. The Morgan fingerprint density at radius 1 is 1.33 bits per heavy atom. The monoisotopic (exact) mass is 250 g/mol. The maximum atomic E-state index is 11.3. The predicted molar refractivity (Wildman–Crippen MR) is 72.5 cm³/mol. The second kappa shape index (κ2) is 7.01. The zero-order chi connectivity index (χ0) is 13.5. The summed E-state index contributed by atoms with van der Waals surface area (Å²) in [6.07, 6.45) is 1.31. The lowest BCUT2D eigenvalue weighted by Gasteiger charge is -2.12. The molecule has 0 bridgehead atoms. The molecule has 2 N–H and O–H groups in total. The summed E-state index contributed by atoms with van der Waals surface area (Å²) in [6.45, 7) is 2.46. The van der Waals surface area contributed by atoms with Gasteiger partial charge in [-0.15, -0.1) is 0 Å². The normalized spacial score (nSPS) is 12.0. The Morgan fingerprint density at radius 3 is 2.44 bits per heavy atom. The van der Waals surface area contributed by atoms with E-state index in [1.807, 2.05) is 24.3 Å².